The SMILES string of the molecule is Cc1cc(C)n2nc(S(C)=O)c(S(=O)(=O)c3cccc(Cl)c3)c2n1. The second kappa shape index (κ2) is 5.94. The maximum atomic E-state index is 13.1. The molecule has 0 bridgehead atoms. The summed E-state index contributed by atoms with van der Waals surface area (Å²) in [5, 5.41) is 4.49. The van der Waals surface area contributed by atoms with Crippen molar-refractivity contribution in [1.29, 1.82) is 0 Å². The van der Waals surface area contributed by atoms with Gasteiger partial charge in [0.25, 0.3) is 0 Å². The van der Waals surface area contributed by atoms with E-state index >= 15 is 0 Å². The van der Waals surface area contributed by atoms with Crippen LogP contribution >= 0.6 is 11.6 Å². The lowest BCUT2D eigenvalue weighted by Crippen LogP contribution is -2.06. The minimum absolute atomic E-state index is 0.0116. The average molecular weight is 384 g/mol. The number of nitrogens with zero attached hydrogens (tertiary/aromatic N) is 3. The first-order valence-corrected chi connectivity index (χ1v) is 10.3. The van der Waals surface area contributed by atoms with Crippen molar-refractivity contribution in [1.82, 2.24) is 14.6 Å². The Balaban J connectivity index is 2.44. The van der Waals surface area contributed by atoms with Crippen molar-refractivity contribution in [3.05, 3.63) is 46.7 Å². The van der Waals surface area contributed by atoms with E-state index in [4.69, 9.17) is 11.6 Å². The number of aromatic nitrogens is 3. The summed E-state index contributed by atoms with van der Waals surface area (Å²) in [6, 6.07) is 7.70. The Labute approximate surface area is 146 Å². The Kier molecular flexibility index (Phi) is 4.23. The smallest absolute Gasteiger partial charge is 0.213 e. The molecule has 0 N–H and O–H groups in total. The second-order valence-electron chi connectivity index (χ2n) is 5.32. The maximum Gasteiger partial charge on any atom is 0.213 e. The molecule has 126 valence electrons. The van der Waals surface area contributed by atoms with E-state index in [1.807, 2.05) is 0 Å². The van der Waals surface area contributed by atoms with E-state index in [1.54, 1.807) is 32.0 Å². The Morgan fingerprint density at radius 2 is 1.92 bits per heavy atom. The lowest BCUT2D eigenvalue weighted by Gasteiger charge is -2.05. The van der Waals surface area contributed by atoms with E-state index in [-0.39, 0.29) is 20.5 Å². The number of rotatable bonds is 3. The Morgan fingerprint density at radius 1 is 1.21 bits per heavy atom. The molecule has 1 unspecified atom stereocenters. The van der Waals surface area contributed by atoms with Crippen molar-refractivity contribution in [3.8, 4) is 0 Å². The molecule has 0 fully saturated rings. The van der Waals surface area contributed by atoms with Crippen LogP contribution in [0.25, 0.3) is 5.65 Å². The molecule has 0 aliphatic heterocycles. The van der Waals surface area contributed by atoms with Crippen molar-refractivity contribution < 1.29 is 12.6 Å². The normalized spacial score (nSPS) is 13.3. The van der Waals surface area contributed by atoms with Crippen molar-refractivity contribution in [2.75, 3.05) is 6.26 Å². The van der Waals surface area contributed by atoms with Gasteiger partial charge in [0.2, 0.25) is 9.84 Å². The molecule has 3 aromatic rings. The third kappa shape index (κ3) is 2.74. The van der Waals surface area contributed by atoms with Crippen LogP contribution in [0.5, 0.6) is 0 Å². The van der Waals surface area contributed by atoms with Gasteiger partial charge in [0.05, 0.1) is 15.7 Å². The van der Waals surface area contributed by atoms with E-state index in [0.29, 0.717) is 16.4 Å². The number of fused-ring (bicyclic) bond motifs is 1. The highest BCUT2D eigenvalue weighted by Crippen LogP contribution is 2.30. The number of halogens is 1. The van der Waals surface area contributed by atoms with Gasteiger partial charge in [0.1, 0.15) is 0 Å². The number of sulfone groups is 1. The van der Waals surface area contributed by atoms with Crippen LogP contribution in [-0.2, 0) is 20.6 Å². The zero-order chi connectivity index (χ0) is 17.6. The lowest BCUT2D eigenvalue weighted by molar-refractivity contribution is 0.594. The summed E-state index contributed by atoms with van der Waals surface area (Å²) >= 11 is 5.92. The van der Waals surface area contributed by atoms with E-state index in [1.165, 1.54) is 22.9 Å². The van der Waals surface area contributed by atoms with Gasteiger partial charge in [-0.05, 0) is 38.1 Å². The third-order valence-corrected chi connectivity index (χ3v) is 6.45. The third-order valence-electron chi connectivity index (χ3n) is 3.47. The minimum atomic E-state index is -3.98. The predicted molar refractivity (Wildman–Crippen MR) is 91.7 cm³/mol. The van der Waals surface area contributed by atoms with Crippen molar-refractivity contribution >= 4 is 37.9 Å². The molecular weight excluding hydrogens is 370 g/mol. The zero-order valence-electron chi connectivity index (χ0n) is 13.1. The molecule has 0 saturated heterocycles. The summed E-state index contributed by atoms with van der Waals surface area (Å²) in [5.41, 5.74) is 1.52. The zero-order valence-corrected chi connectivity index (χ0v) is 15.5. The quantitative estimate of drug-likeness (QED) is 0.694. The van der Waals surface area contributed by atoms with Gasteiger partial charge in [-0.1, -0.05) is 17.7 Å². The molecule has 2 aromatic heterocycles. The van der Waals surface area contributed by atoms with Gasteiger partial charge in [-0.3, -0.25) is 4.21 Å². The molecule has 1 atom stereocenters. The molecule has 0 saturated carbocycles. The molecule has 9 heteroatoms. The molecule has 0 aliphatic rings. The van der Waals surface area contributed by atoms with Crippen LogP contribution in [0.4, 0.5) is 0 Å². The highest BCUT2D eigenvalue weighted by atomic mass is 35.5. The number of aryl methyl sites for hydroxylation is 2. The minimum Gasteiger partial charge on any atom is -0.253 e. The van der Waals surface area contributed by atoms with E-state index in [2.05, 4.69) is 10.1 Å². The topological polar surface area (TPSA) is 81.4 Å². The molecule has 0 radical (unpaired) electrons. The lowest BCUT2D eigenvalue weighted by atomic mass is 10.3. The van der Waals surface area contributed by atoms with Gasteiger partial charge in [0.15, 0.2) is 15.6 Å². The van der Waals surface area contributed by atoms with Crippen LogP contribution in [0.2, 0.25) is 5.02 Å². The van der Waals surface area contributed by atoms with Crippen molar-refractivity contribution in [2.24, 2.45) is 0 Å². The number of benzene rings is 1. The van der Waals surface area contributed by atoms with Crippen LogP contribution in [0.1, 0.15) is 11.4 Å². The molecule has 0 aliphatic carbocycles. The Morgan fingerprint density at radius 3 is 2.54 bits per heavy atom. The van der Waals surface area contributed by atoms with E-state index in [0.717, 1.165) is 0 Å². The number of hydrogen-bond donors (Lipinski definition) is 0. The Hall–Kier alpha value is -1.77. The van der Waals surface area contributed by atoms with E-state index in [9.17, 15) is 12.6 Å². The van der Waals surface area contributed by atoms with Crippen LogP contribution in [0.3, 0.4) is 0 Å². The van der Waals surface area contributed by atoms with Gasteiger partial charge < -0.3 is 0 Å². The molecule has 0 spiro atoms. The maximum absolute atomic E-state index is 13.1. The average Bonchev–Trinajstić information content (AvgIpc) is 2.87. The van der Waals surface area contributed by atoms with Crippen molar-refractivity contribution in [3.63, 3.8) is 0 Å². The first-order chi connectivity index (χ1) is 11.2. The van der Waals surface area contributed by atoms with Crippen molar-refractivity contribution in [2.45, 2.75) is 28.7 Å². The monoisotopic (exact) mass is 383 g/mol. The highest BCUT2D eigenvalue weighted by molar-refractivity contribution is 7.92. The molecule has 24 heavy (non-hydrogen) atoms. The summed E-state index contributed by atoms with van der Waals surface area (Å²) in [5.74, 6) is 0. The van der Waals surface area contributed by atoms with Crippen LogP contribution in [-0.4, -0.2) is 33.5 Å². The van der Waals surface area contributed by atoms with E-state index < -0.39 is 20.6 Å². The molecular formula is C15H14ClN3O3S2. The molecule has 6 nitrogen and oxygen atoms in total. The first kappa shape index (κ1) is 17.1. The van der Waals surface area contributed by atoms with Gasteiger partial charge in [-0.2, -0.15) is 5.10 Å². The number of hydrogen-bond acceptors (Lipinski definition) is 5. The van der Waals surface area contributed by atoms with Gasteiger partial charge in [-0.25, -0.2) is 17.9 Å². The molecule has 1 aromatic carbocycles. The fourth-order valence-corrected chi connectivity index (χ4v) is 5.36. The largest absolute Gasteiger partial charge is 0.253 e. The van der Waals surface area contributed by atoms with Gasteiger partial charge >= 0.3 is 0 Å². The second-order valence-corrected chi connectivity index (χ2v) is 8.94. The summed E-state index contributed by atoms with van der Waals surface area (Å²) in [6.45, 7) is 3.55. The first-order valence-electron chi connectivity index (χ1n) is 6.93. The van der Waals surface area contributed by atoms with Crippen LogP contribution in [0, 0.1) is 13.8 Å². The molecule has 2 heterocycles. The summed E-state index contributed by atoms with van der Waals surface area (Å²) in [6.07, 6.45) is 1.39. The molecule has 0 amide bonds. The fraction of sp³-hybridized carbons (Fsp3) is 0.200. The summed E-state index contributed by atoms with van der Waals surface area (Å²) < 4.78 is 39.7. The summed E-state index contributed by atoms with van der Waals surface area (Å²) in [7, 11) is -5.58. The van der Waals surface area contributed by atoms with Crippen LogP contribution < -0.4 is 0 Å². The molecule has 3 rings (SSSR count). The van der Waals surface area contributed by atoms with Gasteiger partial charge in [0, 0.05) is 22.7 Å². The van der Waals surface area contributed by atoms with Crippen LogP contribution in [0.15, 0.2) is 45.1 Å². The van der Waals surface area contributed by atoms with Gasteiger partial charge in [-0.15, -0.1) is 0 Å². The standard InChI is InChI=1S/C15H14ClN3O3S2/c1-9-7-10(2)19-14(17-9)13(15(18-19)23(3)20)24(21,22)12-6-4-5-11(16)8-12/h4-8H,1-3H3. The highest BCUT2D eigenvalue weighted by Gasteiger charge is 2.31. The predicted octanol–water partition coefficient (Wildman–Crippen LogP) is 2.57. The fourth-order valence-electron chi connectivity index (χ4n) is 2.46. The Bertz CT molecular complexity index is 1090. The summed E-state index contributed by atoms with van der Waals surface area (Å²) in [4.78, 5) is 4.18.